The van der Waals surface area contributed by atoms with E-state index in [0.717, 1.165) is 23.9 Å². The third kappa shape index (κ3) is 4.40. The Balaban J connectivity index is 2.00. The fraction of sp³-hybridized carbons (Fsp3) is 0.357. The SMILES string of the molecule is O=C(C[C@H]1SC[C@@H](C(=O)O)NC1=O)Nc1ccccc1C(F)(F)F. The fourth-order valence-electron chi connectivity index (χ4n) is 2.09. The maximum absolute atomic E-state index is 12.9. The zero-order chi connectivity index (χ0) is 17.9. The lowest BCUT2D eigenvalue weighted by molar-refractivity contribution is -0.141. The van der Waals surface area contributed by atoms with Crippen LogP contribution in [0.25, 0.3) is 0 Å². The number of carboxylic acids is 1. The minimum atomic E-state index is -4.62. The number of aliphatic carboxylic acids is 1. The predicted molar refractivity (Wildman–Crippen MR) is 80.5 cm³/mol. The van der Waals surface area contributed by atoms with Crippen LogP contribution in [0.4, 0.5) is 18.9 Å². The molecular weight excluding hydrogens is 349 g/mol. The highest BCUT2D eigenvalue weighted by molar-refractivity contribution is 8.00. The van der Waals surface area contributed by atoms with E-state index in [1.807, 2.05) is 0 Å². The number of carboxylic acid groups (broad SMARTS) is 1. The smallest absolute Gasteiger partial charge is 0.418 e. The Labute approximate surface area is 138 Å². The Bertz CT molecular complexity index is 666. The van der Waals surface area contributed by atoms with Gasteiger partial charge in [-0.25, -0.2) is 4.79 Å². The van der Waals surface area contributed by atoms with Crippen molar-refractivity contribution in [3.8, 4) is 0 Å². The first-order valence-electron chi connectivity index (χ1n) is 6.79. The van der Waals surface area contributed by atoms with Crippen LogP contribution < -0.4 is 10.6 Å². The van der Waals surface area contributed by atoms with Crippen LogP contribution in [-0.2, 0) is 20.6 Å². The van der Waals surface area contributed by atoms with Crippen LogP contribution in [0.15, 0.2) is 24.3 Å². The molecule has 10 heteroatoms. The molecule has 0 aromatic heterocycles. The number of anilines is 1. The number of carbonyl (C=O) groups excluding carboxylic acids is 2. The summed E-state index contributed by atoms with van der Waals surface area (Å²) in [4.78, 5) is 34.5. The van der Waals surface area contributed by atoms with Crippen molar-refractivity contribution in [2.24, 2.45) is 0 Å². The maximum Gasteiger partial charge on any atom is 0.418 e. The van der Waals surface area contributed by atoms with Crippen LogP contribution in [0.3, 0.4) is 0 Å². The Morgan fingerprint density at radius 1 is 1.33 bits per heavy atom. The Morgan fingerprint density at radius 3 is 2.58 bits per heavy atom. The Morgan fingerprint density at radius 2 is 2.00 bits per heavy atom. The number of hydrogen-bond donors (Lipinski definition) is 3. The molecule has 0 saturated carbocycles. The maximum atomic E-state index is 12.9. The molecule has 1 heterocycles. The van der Waals surface area contributed by atoms with Crippen molar-refractivity contribution in [2.45, 2.75) is 23.9 Å². The molecule has 0 unspecified atom stereocenters. The van der Waals surface area contributed by atoms with E-state index in [1.165, 1.54) is 12.1 Å². The van der Waals surface area contributed by atoms with Gasteiger partial charge in [0.15, 0.2) is 0 Å². The molecule has 0 radical (unpaired) electrons. The average molecular weight is 362 g/mol. The quantitative estimate of drug-likeness (QED) is 0.758. The summed E-state index contributed by atoms with van der Waals surface area (Å²) >= 11 is 0.980. The van der Waals surface area contributed by atoms with Gasteiger partial charge in [-0.1, -0.05) is 12.1 Å². The minimum Gasteiger partial charge on any atom is -0.480 e. The van der Waals surface area contributed by atoms with E-state index in [2.05, 4.69) is 10.6 Å². The summed E-state index contributed by atoms with van der Waals surface area (Å²) in [7, 11) is 0. The van der Waals surface area contributed by atoms with Crippen molar-refractivity contribution in [1.82, 2.24) is 5.32 Å². The monoisotopic (exact) mass is 362 g/mol. The molecule has 24 heavy (non-hydrogen) atoms. The van der Waals surface area contributed by atoms with Gasteiger partial charge in [-0.15, -0.1) is 11.8 Å². The molecule has 1 saturated heterocycles. The number of hydrogen-bond acceptors (Lipinski definition) is 4. The second kappa shape index (κ2) is 7.12. The summed E-state index contributed by atoms with van der Waals surface area (Å²) < 4.78 is 38.6. The highest BCUT2D eigenvalue weighted by Crippen LogP contribution is 2.34. The average Bonchev–Trinajstić information content (AvgIpc) is 2.48. The summed E-state index contributed by atoms with van der Waals surface area (Å²) in [6.45, 7) is 0. The predicted octanol–water partition coefficient (Wildman–Crippen LogP) is 1.72. The number of halogens is 3. The van der Waals surface area contributed by atoms with Crippen LogP contribution in [0.5, 0.6) is 0 Å². The van der Waals surface area contributed by atoms with Crippen molar-refractivity contribution in [2.75, 3.05) is 11.1 Å². The lowest BCUT2D eigenvalue weighted by Gasteiger charge is -2.26. The number of nitrogens with one attached hydrogen (secondary N) is 2. The lowest BCUT2D eigenvalue weighted by atomic mass is 10.1. The van der Waals surface area contributed by atoms with Gasteiger partial charge in [-0.05, 0) is 12.1 Å². The zero-order valence-electron chi connectivity index (χ0n) is 12.1. The number of para-hydroxylation sites is 1. The highest BCUT2D eigenvalue weighted by atomic mass is 32.2. The molecule has 2 rings (SSSR count). The molecule has 1 aliphatic rings. The third-order valence-corrected chi connectivity index (χ3v) is 4.56. The molecule has 6 nitrogen and oxygen atoms in total. The van der Waals surface area contributed by atoms with Gasteiger partial charge in [0.05, 0.1) is 16.5 Å². The lowest BCUT2D eigenvalue weighted by Crippen LogP contribution is -2.51. The van der Waals surface area contributed by atoms with Gasteiger partial charge >= 0.3 is 12.1 Å². The first-order chi connectivity index (χ1) is 11.2. The molecule has 0 spiro atoms. The molecule has 0 aliphatic carbocycles. The zero-order valence-corrected chi connectivity index (χ0v) is 12.9. The molecule has 0 bridgehead atoms. The number of amides is 2. The second-order valence-electron chi connectivity index (χ2n) is 5.02. The summed E-state index contributed by atoms with van der Waals surface area (Å²) in [5, 5.41) is 12.4. The van der Waals surface area contributed by atoms with E-state index in [9.17, 15) is 27.6 Å². The van der Waals surface area contributed by atoms with Crippen molar-refractivity contribution in [3.63, 3.8) is 0 Å². The van der Waals surface area contributed by atoms with Crippen LogP contribution >= 0.6 is 11.8 Å². The van der Waals surface area contributed by atoms with Crippen LogP contribution in [-0.4, -0.2) is 39.9 Å². The number of rotatable bonds is 4. The van der Waals surface area contributed by atoms with Crippen molar-refractivity contribution in [3.05, 3.63) is 29.8 Å². The van der Waals surface area contributed by atoms with Crippen LogP contribution in [0.1, 0.15) is 12.0 Å². The van der Waals surface area contributed by atoms with Crippen molar-refractivity contribution >= 4 is 35.2 Å². The van der Waals surface area contributed by atoms with Gasteiger partial charge < -0.3 is 15.7 Å². The van der Waals surface area contributed by atoms with Gasteiger partial charge in [-0.2, -0.15) is 13.2 Å². The normalized spacial score (nSPS) is 21.0. The van der Waals surface area contributed by atoms with Crippen LogP contribution in [0.2, 0.25) is 0 Å². The standard InChI is InChI=1S/C14H13F3N2O4S/c15-14(16,17)7-3-1-2-4-8(7)18-11(20)5-10-12(21)19-9(6-24-10)13(22)23/h1-4,9-10H,5-6H2,(H,18,20)(H,19,21)(H,22,23)/t9-,10+/m0/s1. The summed E-state index contributed by atoms with van der Waals surface area (Å²) in [6.07, 6.45) is -4.97. The Kier molecular flexibility index (Phi) is 5.37. The second-order valence-corrected chi connectivity index (χ2v) is 6.25. The van der Waals surface area contributed by atoms with Gasteiger partial charge in [0.25, 0.3) is 0 Å². The van der Waals surface area contributed by atoms with Crippen molar-refractivity contribution in [1.29, 1.82) is 0 Å². The van der Waals surface area contributed by atoms with Gasteiger partial charge in [0, 0.05) is 12.2 Å². The number of carbonyl (C=O) groups is 3. The topological polar surface area (TPSA) is 95.5 Å². The van der Waals surface area contributed by atoms with Gasteiger partial charge in [0.2, 0.25) is 11.8 Å². The Hall–Kier alpha value is -2.23. The molecular formula is C14H13F3N2O4S. The first kappa shape index (κ1) is 18.1. The molecule has 1 aliphatic heterocycles. The molecule has 2 amide bonds. The minimum absolute atomic E-state index is 0.0815. The molecule has 1 aromatic carbocycles. The van der Waals surface area contributed by atoms with E-state index in [0.29, 0.717) is 0 Å². The summed E-state index contributed by atoms with van der Waals surface area (Å²) in [5.41, 5.74) is -1.37. The number of benzene rings is 1. The first-order valence-corrected chi connectivity index (χ1v) is 7.84. The van der Waals surface area contributed by atoms with E-state index in [4.69, 9.17) is 5.11 Å². The fourth-order valence-corrected chi connectivity index (χ4v) is 3.23. The number of alkyl halides is 3. The van der Waals surface area contributed by atoms with Crippen molar-refractivity contribution < 1.29 is 32.7 Å². The largest absolute Gasteiger partial charge is 0.480 e. The molecule has 1 fully saturated rings. The molecule has 3 N–H and O–H groups in total. The van der Waals surface area contributed by atoms with Gasteiger partial charge in [-0.3, -0.25) is 9.59 Å². The molecule has 130 valence electrons. The van der Waals surface area contributed by atoms with E-state index in [-0.39, 0.29) is 17.9 Å². The summed E-state index contributed by atoms with van der Waals surface area (Å²) in [6, 6.07) is 3.48. The van der Waals surface area contributed by atoms with E-state index < -0.39 is 40.8 Å². The number of thioether (sulfide) groups is 1. The van der Waals surface area contributed by atoms with E-state index >= 15 is 0 Å². The third-order valence-electron chi connectivity index (χ3n) is 3.25. The van der Waals surface area contributed by atoms with Gasteiger partial charge in [0.1, 0.15) is 6.04 Å². The van der Waals surface area contributed by atoms with Crippen LogP contribution in [0, 0.1) is 0 Å². The molecule has 2 atom stereocenters. The highest BCUT2D eigenvalue weighted by Gasteiger charge is 2.35. The van der Waals surface area contributed by atoms with E-state index in [1.54, 1.807) is 0 Å². The molecule has 1 aromatic rings. The summed E-state index contributed by atoms with van der Waals surface area (Å²) in [5.74, 6) is -2.48.